The summed E-state index contributed by atoms with van der Waals surface area (Å²) in [6.45, 7) is 3.00. The molecule has 54 valence electrons. The van der Waals surface area contributed by atoms with E-state index >= 15 is 0 Å². The first-order valence-corrected chi connectivity index (χ1v) is 3.59. The summed E-state index contributed by atoms with van der Waals surface area (Å²) in [5.41, 5.74) is 0. The van der Waals surface area contributed by atoms with Crippen molar-refractivity contribution in [3.8, 4) is 0 Å². The third-order valence-corrected chi connectivity index (χ3v) is 1.32. The van der Waals surface area contributed by atoms with Crippen molar-refractivity contribution in [1.82, 2.24) is 4.47 Å². The van der Waals surface area contributed by atoms with Crippen LogP contribution in [0.15, 0.2) is 12.7 Å². The van der Waals surface area contributed by atoms with Crippen molar-refractivity contribution in [1.29, 1.82) is 0 Å². The summed E-state index contributed by atoms with van der Waals surface area (Å²) in [5.74, 6) is 0. The van der Waals surface area contributed by atoms with E-state index in [0.717, 1.165) is 0 Å². The Balaban J connectivity index is 4.05. The summed E-state index contributed by atoms with van der Waals surface area (Å²) in [6.07, 6.45) is 1.21. The summed E-state index contributed by atoms with van der Waals surface area (Å²) < 4.78 is 20.3. The SMILES string of the molecule is C=CCN(O)S(N)(=O)=O. The second-order valence-corrected chi connectivity index (χ2v) is 2.79. The molecule has 0 unspecified atom stereocenters. The maximum absolute atomic E-state index is 10.1. The predicted octanol–water partition coefficient (Wildman–Crippen LogP) is -0.933. The highest BCUT2D eigenvalue weighted by Gasteiger charge is 2.10. The second-order valence-electron chi connectivity index (χ2n) is 1.34. The molecule has 0 aromatic rings. The molecule has 0 aliphatic heterocycles. The van der Waals surface area contributed by atoms with Gasteiger partial charge in [-0.05, 0) is 0 Å². The first kappa shape index (κ1) is 8.57. The van der Waals surface area contributed by atoms with Crippen LogP contribution in [0, 0.1) is 0 Å². The van der Waals surface area contributed by atoms with E-state index in [-0.39, 0.29) is 11.0 Å². The largest absolute Gasteiger partial charge is 0.299 e. The average Bonchev–Trinajstić information content (AvgIpc) is 1.64. The van der Waals surface area contributed by atoms with Gasteiger partial charge in [0, 0.05) is 0 Å². The topological polar surface area (TPSA) is 83.6 Å². The maximum atomic E-state index is 10.1. The van der Waals surface area contributed by atoms with Gasteiger partial charge in [-0.2, -0.15) is 8.42 Å². The highest BCUT2D eigenvalue weighted by molar-refractivity contribution is 7.86. The van der Waals surface area contributed by atoms with Gasteiger partial charge in [-0.15, -0.1) is 6.58 Å². The first-order chi connectivity index (χ1) is 3.98. The van der Waals surface area contributed by atoms with Crippen LogP contribution in [0.25, 0.3) is 0 Å². The van der Waals surface area contributed by atoms with Crippen LogP contribution in [0.5, 0.6) is 0 Å². The monoisotopic (exact) mass is 152 g/mol. The summed E-state index contributed by atoms with van der Waals surface area (Å²) in [4.78, 5) is 0. The molecule has 0 aromatic heterocycles. The zero-order chi connectivity index (χ0) is 7.49. The fourth-order valence-corrected chi connectivity index (χ4v) is 0.528. The molecule has 0 rings (SSSR count). The minimum atomic E-state index is -3.95. The van der Waals surface area contributed by atoms with Gasteiger partial charge in [0.15, 0.2) is 0 Å². The number of nitrogens with zero attached hydrogens (tertiary/aromatic N) is 1. The van der Waals surface area contributed by atoms with E-state index in [1.54, 1.807) is 0 Å². The third kappa shape index (κ3) is 3.20. The zero-order valence-corrected chi connectivity index (χ0v) is 5.50. The fourth-order valence-electron chi connectivity index (χ4n) is 0.214. The molecule has 0 amide bonds. The van der Waals surface area contributed by atoms with Gasteiger partial charge in [0.05, 0.1) is 6.54 Å². The van der Waals surface area contributed by atoms with E-state index in [1.807, 2.05) is 0 Å². The molecular formula is C3H8N2O3S. The van der Waals surface area contributed by atoms with Crippen LogP contribution in [0.2, 0.25) is 0 Å². The number of hydroxylamine groups is 1. The molecule has 0 saturated heterocycles. The minimum Gasteiger partial charge on any atom is -0.298 e. The Hall–Kier alpha value is -0.430. The van der Waals surface area contributed by atoms with Gasteiger partial charge in [0.25, 0.3) is 10.2 Å². The third-order valence-electron chi connectivity index (χ3n) is 0.579. The fraction of sp³-hybridized carbons (Fsp3) is 0.333. The molecule has 0 aromatic carbocycles. The predicted molar refractivity (Wildman–Crippen MR) is 31.8 cm³/mol. The van der Waals surface area contributed by atoms with Gasteiger partial charge >= 0.3 is 0 Å². The summed E-state index contributed by atoms with van der Waals surface area (Å²) in [7, 11) is -3.95. The normalized spacial score (nSPS) is 11.9. The molecule has 0 spiro atoms. The Kier molecular flexibility index (Phi) is 2.78. The molecular weight excluding hydrogens is 144 g/mol. The zero-order valence-electron chi connectivity index (χ0n) is 4.69. The van der Waals surface area contributed by atoms with Crippen molar-refractivity contribution in [3.05, 3.63) is 12.7 Å². The summed E-state index contributed by atoms with van der Waals surface area (Å²) in [5, 5.41) is 12.9. The highest BCUT2D eigenvalue weighted by atomic mass is 32.2. The first-order valence-electron chi connectivity index (χ1n) is 2.08. The Morgan fingerprint density at radius 1 is 1.78 bits per heavy atom. The minimum absolute atomic E-state index is 0. The van der Waals surface area contributed by atoms with Gasteiger partial charge in [-0.3, -0.25) is 5.21 Å². The van der Waals surface area contributed by atoms with E-state index < -0.39 is 10.2 Å². The van der Waals surface area contributed by atoms with E-state index in [2.05, 4.69) is 11.7 Å². The summed E-state index contributed by atoms with van der Waals surface area (Å²) in [6, 6.07) is 0. The molecule has 6 heteroatoms. The van der Waals surface area contributed by atoms with Crippen LogP contribution in [0.4, 0.5) is 0 Å². The lowest BCUT2D eigenvalue weighted by Crippen LogP contribution is -2.33. The Morgan fingerprint density at radius 3 is 2.33 bits per heavy atom. The van der Waals surface area contributed by atoms with Crippen molar-refractivity contribution in [2.75, 3.05) is 6.54 Å². The van der Waals surface area contributed by atoms with Gasteiger partial charge in [0.2, 0.25) is 0 Å². The molecule has 0 radical (unpaired) electrons. The average molecular weight is 152 g/mol. The van der Waals surface area contributed by atoms with E-state index in [0.29, 0.717) is 0 Å². The second kappa shape index (κ2) is 2.92. The molecule has 0 aliphatic rings. The number of hydrogen-bond donors (Lipinski definition) is 2. The molecule has 0 atom stereocenters. The Morgan fingerprint density at radius 2 is 2.22 bits per heavy atom. The molecule has 0 bridgehead atoms. The highest BCUT2D eigenvalue weighted by Crippen LogP contribution is 1.85. The van der Waals surface area contributed by atoms with E-state index in [4.69, 9.17) is 5.21 Å². The van der Waals surface area contributed by atoms with Crippen molar-refractivity contribution >= 4 is 10.2 Å². The van der Waals surface area contributed by atoms with Crippen LogP contribution in [0.3, 0.4) is 0 Å². The molecule has 9 heavy (non-hydrogen) atoms. The van der Waals surface area contributed by atoms with Gasteiger partial charge < -0.3 is 0 Å². The molecule has 0 fully saturated rings. The number of rotatable bonds is 3. The number of nitrogens with two attached hydrogens (primary N) is 1. The smallest absolute Gasteiger partial charge is 0.298 e. The van der Waals surface area contributed by atoms with Gasteiger partial charge in [-0.25, -0.2) is 5.14 Å². The van der Waals surface area contributed by atoms with Crippen LogP contribution in [0.1, 0.15) is 0 Å². The molecule has 0 heterocycles. The standard InChI is InChI=1S/C3H8N2O3S/c1-2-3-5(6)9(4,7)8/h2,6H,1,3H2,(H2,4,7,8). The Bertz CT molecular complexity index is 185. The van der Waals surface area contributed by atoms with Crippen molar-refractivity contribution in [2.45, 2.75) is 0 Å². The summed E-state index contributed by atoms with van der Waals surface area (Å²) >= 11 is 0. The van der Waals surface area contributed by atoms with Gasteiger partial charge in [-0.1, -0.05) is 10.5 Å². The van der Waals surface area contributed by atoms with Crippen LogP contribution in [-0.4, -0.2) is 24.6 Å². The van der Waals surface area contributed by atoms with Gasteiger partial charge in [0.1, 0.15) is 0 Å². The van der Waals surface area contributed by atoms with Crippen LogP contribution >= 0.6 is 0 Å². The van der Waals surface area contributed by atoms with Crippen LogP contribution in [-0.2, 0) is 10.2 Å². The molecule has 5 nitrogen and oxygen atoms in total. The van der Waals surface area contributed by atoms with E-state index in [9.17, 15) is 8.42 Å². The van der Waals surface area contributed by atoms with E-state index in [1.165, 1.54) is 6.08 Å². The molecule has 3 N–H and O–H groups in total. The van der Waals surface area contributed by atoms with Crippen molar-refractivity contribution in [2.24, 2.45) is 5.14 Å². The lowest BCUT2D eigenvalue weighted by atomic mass is 10.7. The molecule has 0 aliphatic carbocycles. The lowest BCUT2D eigenvalue weighted by molar-refractivity contribution is 0.0151. The quantitative estimate of drug-likeness (QED) is 0.404. The van der Waals surface area contributed by atoms with Crippen LogP contribution < -0.4 is 5.14 Å². The van der Waals surface area contributed by atoms with Crippen molar-refractivity contribution < 1.29 is 13.6 Å². The number of hydrogen-bond acceptors (Lipinski definition) is 3. The molecule has 0 saturated carbocycles. The maximum Gasteiger partial charge on any atom is 0.299 e. The lowest BCUT2D eigenvalue weighted by Gasteiger charge is -2.06. The van der Waals surface area contributed by atoms with Crippen molar-refractivity contribution in [3.63, 3.8) is 0 Å². The Labute approximate surface area is 53.5 Å².